The first-order valence-corrected chi connectivity index (χ1v) is 11.5. The number of hydrogen-bond acceptors (Lipinski definition) is 4. The van der Waals surface area contributed by atoms with Crippen LogP contribution in [0.4, 0.5) is 5.69 Å². The Kier molecular flexibility index (Phi) is 5.42. The fourth-order valence-corrected chi connectivity index (χ4v) is 4.99. The maximum absolute atomic E-state index is 12.7. The molecule has 0 bridgehead atoms. The zero-order valence-corrected chi connectivity index (χ0v) is 17.8. The Balaban J connectivity index is 1.36. The van der Waals surface area contributed by atoms with Crippen molar-refractivity contribution in [1.29, 1.82) is 0 Å². The van der Waals surface area contributed by atoms with Gasteiger partial charge in [0.05, 0.1) is 17.1 Å². The second-order valence-corrected chi connectivity index (χ2v) is 9.63. The minimum atomic E-state index is -3.50. The molecule has 1 aliphatic heterocycles. The number of hydrogen-bond donors (Lipinski definition) is 2. The zero-order valence-electron chi connectivity index (χ0n) is 15.4. The molecule has 2 heterocycles. The van der Waals surface area contributed by atoms with E-state index in [2.05, 4.69) is 31.4 Å². The van der Waals surface area contributed by atoms with Crippen molar-refractivity contribution in [3.8, 4) is 11.3 Å². The van der Waals surface area contributed by atoms with Gasteiger partial charge in [-0.2, -0.15) is 5.10 Å². The van der Waals surface area contributed by atoms with Crippen molar-refractivity contribution in [3.05, 3.63) is 70.3 Å². The number of amides is 1. The molecule has 0 atom stereocenters. The highest BCUT2D eigenvalue weighted by atomic mass is 79.9. The van der Waals surface area contributed by atoms with E-state index in [9.17, 15) is 13.2 Å². The van der Waals surface area contributed by atoms with Gasteiger partial charge in [-0.1, -0.05) is 46.3 Å². The summed E-state index contributed by atoms with van der Waals surface area (Å²) in [4.78, 5) is 12.4. The third-order valence-corrected chi connectivity index (χ3v) is 7.09. The van der Waals surface area contributed by atoms with Crippen molar-refractivity contribution in [1.82, 2.24) is 15.5 Å². The quantitative estimate of drug-likeness (QED) is 0.573. The molecule has 0 radical (unpaired) electrons. The third-order valence-electron chi connectivity index (χ3n) is 4.79. The normalized spacial score (nSPS) is 13.3. The largest absolute Gasteiger partial charge is 0.350 e. The molecule has 29 heavy (non-hydrogen) atoms. The number of para-hydroxylation sites is 1. The lowest BCUT2D eigenvalue weighted by atomic mass is 10.1. The summed E-state index contributed by atoms with van der Waals surface area (Å²) in [5.41, 5.74) is 3.55. The van der Waals surface area contributed by atoms with E-state index in [1.807, 2.05) is 48.5 Å². The first-order valence-electron chi connectivity index (χ1n) is 9.12. The highest BCUT2D eigenvalue weighted by molar-refractivity contribution is 9.10. The van der Waals surface area contributed by atoms with Crippen LogP contribution in [0.25, 0.3) is 11.3 Å². The first-order chi connectivity index (χ1) is 13.9. The van der Waals surface area contributed by atoms with Crippen LogP contribution in [0.15, 0.2) is 59.1 Å². The molecule has 0 fully saturated rings. The molecule has 0 saturated carbocycles. The fraction of sp³-hybridized carbons (Fsp3) is 0.200. The van der Waals surface area contributed by atoms with Gasteiger partial charge in [0.1, 0.15) is 5.69 Å². The minimum Gasteiger partial charge on any atom is -0.350 e. The molecular weight excluding hydrogens is 456 g/mol. The molecule has 1 aromatic heterocycles. The van der Waals surface area contributed by atoms with Crippen molar-refractivity contribution in [2.24, 2.45) is 0 Å². The Hall–Kier alpha value is -2.65. The summed E-state index contributed by atoms with van der Waals surface area (Å²) in [5.74, 6) is -0.557. The lowest BCUT2D eigenvalue weighted by Gasteiger charge is -2.19. The summed E-state index contributed by atoms with van der Waals surface area (Å²) in [5, 5.41) is 9.51. The van der Waals surface area contributed by atoms with Gasteiger partial charge in [-0.15, -0.1) is 0 Å². The van der Waals surface area contributed by atoms with E-state index in [1.165, 1.54) is 4.31 Å². The van der Waals surface area contributed by atoms with Crippen LogP contribution in [0, 0.1) is 0 Å². The number of H-pyrrole nitrogens is 1. The Morgan fingerprint density at radius 1 is 1.17 bits per heavy atom. The van der Waals surface area contributed by atoms with E-state index in [4.69, 9.17) is 0 Å². The molecule has 2 aromatic carbocycles. The lowest BCUT2D eigenvalue weighted by molar-refractivity contribution is 0.0951. The van der Waals surface area contributed by atoms with E-state index >= 15 is 0 Å². The molecule has 0 aliphatic carbocycles. The molecule has 3 aromatic rings. The summed E-state index contributed by atoms with van der Waals surface area (Å²) in [6.07, 6.45) is 0.703. The number of aromatic amines is 1. The highest BCUT2D eigenvalue weighted by Crippen LogP contribution is 2.29. The van der Waals surface area contributed by atoms with Crippen LogP contribution in [-0.2, 0) is 16.4 Å². The second-order valence-electron chi connectivity index (χ2n) is 6.70. The predicted molar refractivity (Wildman–Crippen MR) is 115 cm³/mol. The van der Waals surface area contributed by atoms with Crippen LogP contribution in [0.3, 0.4) is 0 Å². The first kappa shape index (κ1) is 19.7. The summed E-state index contributed by atoms with van der Waals surface area (Å²) >= 11 is 3.38. The van der Waals surface area contributed by atoms with Gasteiger partial charge in [-0.3, -0.25) is 14.2 Å². The van der Waals surface area contributed by atoms with Crippen molar-refractivity contribution in [3.63, 3.8) is 0 Å². The predicted octanol–water partition coefficient (Wildman–Crippen LogP) is 2.96. The lowest BCUT2D eigenvalue weighted by Crippen LogP contribution is -2.37. The van der Waals surface area contributed by atoms with Crippen LogP contribution < -0.4 is 9.62 Å². The standard InChI is InChI=1S/C20H19BrN4O3S/c21-16-7-5-14(6-8-16)17-13-18(24-23-17)20(26)22-10-12-29(27,28)25-11-9-15-3-1-2-4-19(15)25/h1-8,13H,9-12H2,(H,22,26)(H,23,24). The summed E-state index contributed by atoms with van der Waals surface area (Å²) < 4.78 is 27.7. The van der Waals surface area contributed by atoms with Gasteiger partial charge in [0.25, 0.3) is 5.91 Å². The van der Waals surface area contributed by atoms with Gasteiger partial charge in [-0.25, -0.2) is 8.42 Å². The molecule has 1 aliphatic rings. The molecular formula is C20H19BrN4O3S. The number of carbonyl (C=O) groups is 1. The van der Waals surface area contributed by atoms with Crippen molar-refractivity contribution in [2.75, 3.05) is 23.1 Å². The number of aromatic nitrogens is 2. The fourth-order valence-electron chi connectivity index (χ4n) is 3.30. The number of sulfonamides is 1. The molecule has 2 N–H and O–H groups in total. The number of anilines is 1. The van der Waals surface area contributed by atoms with Crippen LogP contribution >= 0.6 is 15.9 Å². The van der Waals surface area contributed by atoms with Crippen LogP contribution in [0.5, 0.6) is 0 Å². The van der Waals surface area contributed by atoms with Crippen molar-refractivity contribution >= 4 is 37.5 Å². The Bertz CT molecular complexity index is 1140. The number of halogens is 1. The van der Waals surface area contributed by atoms with E-state index in [-0.39, 0.29) is 18.0 Å². The molecule has 4 rings (SSSR count). The van der Waals surface area contributed by atoms with Gasteiger partial charge in [0.2, 0.25) is 10.0 Å². The number of nitrogens with zero attached hydrogens (tertiary/aromatic N) is 2. The topological polar surface area (TPSA) is 95.2 Å². The molecule has 0 spiro atoms. The smallest absolute Gasteiger partial charge is 0.269 e. The van der Waals surface area contributed by atoms with E-state index < -0.39 is 15.9 Å². The average Bonchev–Trinajstić information content (AvgIpc) is 3.36. The monoisotopic (exact) mass is 474 g/mol. The van der Waals surface area contributed by atoms with Gasteiger partial charge in [0, 0.05) is 23.1 Å². The van der Waals surface area contributed by atoms with Crippen molar-refractivity contribution < 1.29 is 13.2 Å². The third kappa shape index (κ3) is 4.20. The van der Waals surface area contributed by atoms with Crippen LogP contribution in [-0.4, -0.2) is 43.4 Å². The molecule has 1 amide bonds. The van der Waals surface area contributed by atoms with Gasteiger partial charge in [0.15, 0.2) is 0 Å². The molecule has 7 nitrogen and oxygen atoms in total. The number of benzene rings is 2. The number of carbonyl (C=O) groups excluding carboxylic acids is 1. The zero-order chi connectivity index (χ0) is 20.4. The molecule has 150 valence electrons. The molecule has 0 unspecified atom stereocenters. The minimum absolute atomic E-state index is 0.0203. The summed E-state index contributed by atoms with van der Waals surface area (Å²) in [6.45, 7) is 0.458. The van der Waals surface area contributed by atoms with E-state index in [0.717, 1.165) is 21.3 Å². The van der Waals surface area contributed by atoms with Gasteiger partial charge < -0.3 is 5.32 Å². The molecule has 0 saturated heterocycles. The maximum Gasteiger partial charge on any atom is 0.269 e. The Morgan fingerprint density at radius 2 is 1.93 bits per heavy atom. The van der Waals surface area contributed by atoms with Crippen LogP contribution in [0.1, 0.15) is 16.1 Å². The summed E-state index contributed by atoms with van der Waals surface area (Å²) in [6, 6.07) is 16.7. The Morgan fingerprint density at radius 3 is 2.72 bits per heavy atom. The highest BCUT2D eigenvalue weighted by Gasteiger charge is 2.28. The number of nitrogens with one attached hydrogen (secondary N) is 2. The number of rotatable bonds is 6. The SMILES string of the molecule is O=C(NCCS(=O)(=O)N1CCc2ccccc21)c1cc(-c2ccc(Br)cc2)n[nH]1. The maximum atomic E-state index is 12.7. The second kappa shape index (κ2) is 8.00. The van der Waals surface area contributed by atoms with Gasteiger partial charge >= 0.3 is 0 Å². The van der Waals surface area contributed by atoms with E-state index in [0.29, 0.717) is 18.7 Å². The van der Waals surface area contributed by atoms with E-state index in [1.54, 1.807) is 6.07 Å². The average molecular weight is 475 g/mol. The summed E-state index contributed by atoms with van der Waals surface area (Å²) in [7, 11) is -3.50. The Labute approximate surface area is 177 Å². The van der Waals surface area contributed by atoms with Crippen LogP contribution in [0.2, 0.25) is 0 Å². The molecule has 9 heteroatoms. The number of fused-ring (bicyclic) bond motifs is 1. The van der Waals surface area contributed by atoms with Crippen molar-refractivity contribution in [2.45, 2.75) is 6.42 Å². The van der Waals surface area contributed by atoms with Gasteiger partial charge in [-0.05, 0) is 36.2 Å².